The van der Waals surface area contributed by atoms with Gasteiger partial charge in [0, 0.05) is 14.1 Å². The molecule has 0 aliphatic carbocycles. The number of aryl methyl sites for hydroxylation is 2. The average molecular weight is 535 g/mol. The molecule has 0 amide bonds. The third-order valence-corrected chi connectivity index (χ3v) is 4.59. The van der Waals surface area contributed by atoms with Gasteiger partial charge in [0.05, 0.1) is 11.1 Å². The maximum atomic E-state index is 12.4. The molecule has 2 rings (SSSR count). The second kappa shape index (κ2) is 14.6. The number of carbonyl (C=O) groups excluding carboxylic acids is 2. The summed E-state index contributed by atoms with van der Waals surface area (Å²) in [5.74, 6) is 1.41. The van der Waals surface area contributed by atoms with Crippen LogP contribution in [0.1, 0.15) is 46.0 Å². The van der Waals surface area contributed by atoms with Crippen LogP contribution in [0.2, 0.25) is 5.15 Å². The number of hydrogen-bond donors (Lipinski definition) is 0. The van der Waals surface area contributed by atoms with Gasteiger partial charge in [-0.15, -0.1) is 11.8 Å². The number of halogens is 7. The van der Waals surface area contributed by atoms with Crippen molar-refractivity contribution in [1.29, 1.82) is 0 Å². The van der Waals surface area contributed by atoms with Gasteiger partial charge in [-0.1, -0.05) is 25.4 Å². The molecule has 0 spiro atoms. The summed E-state index contributed by atoms with van der Waals surface area (Å²) in [7, 11) is 2.62. The van der Waals surface area contributed by atoms with Crippen molar-refractivity contribution >= 4 is 48.6 Å². The summed E-state index contributed by atoms with van der Waals surface area (Å²) >= 11 is 10.9. The molecule has 0 aliphatic heterocycles. The van der Waals surface area contributed by atoms with Crippen molar-refractivity contribution in [2.24, 2.45) is 14.1 Å². The Bertz CT molecular complexity index is 887. The van der Waals surface area contributed by atoms with Gasteiger partial charge in [0.25, 0.3) is 0 Å². The molecule has 0 bridgehead atoms. The van der Waals surface area contributed by atoms with E-state index in [1.54, 1.807) is 6.92 Å². The van der Waals surface area contributed by atoms with Crippen LogP contribution in [0.3, 0.4) is 0 Å². The molecule has 0 radical (unpaired) electrons. The van der Waals surface area contributed by atoms with E-state index < -0.39 is 29.3 Å². The largest absolute Gasteiger partial charge is 1.00 e. The first-order chi connectivity index (χ1) is 14.2. The summed E-state index contributed by atoms with van der Waals surface area (Å²) in [6.07, 6.45) is -8.99. The van der Waals surface area contributed by atoms with E-state index in [4.69, 9.17) is 11.6 Å². The van der Waals surface area contributed by atoms with Crippen molar-refractivity contribution in [3.8, 4) is 0 Å². The molecule has 6 nitrogen and oxygen atoms in total. The summed E-state index contributed by atoms with van der Waals surface area (Å²) in [6.45, 7) is 3.73. The summed E-state index contributed by atoms with van der Waals surface area (Å²) in [4.78, 5) is 20.9. The number of rotatable bonds is 4. The van der Waals surface area contributed by atoms with Crippen LogP contribution in [0.15, 0.2) is 5.03 Å². The Morgan fingerprint density at radius 2 is 1.31 bits per heavy atom. The fourth-order valence-corrected chi connectivity index (χ4v) is 2.96. The van der Waals surface area contributed by atoms with E-state index in [0.717, 1.165) is 26.9 Å². The summed E-state index contributed by atoms with van der Waals surface area (Å²) < 4.78 is 75.6. The quantitative estimate of drug-likeness (QED) is 0.196. The second-order valence-corrected chi connectivity index (χ2v) is 7.51. The molecule has 0 atom stereocenters. The Kier molecular flexibility index (Phi) is 15.2. The first-order valence-corrected chi connectivity index (χ1v) is 10.2. The van der Waals surface area contributed by atoms with Crippen molar-refractivity contribution in [1.82, 2.24) is 19.6 Å². The molecule has 176 valence electrons. The van der Waals surface area contributed by atoms with Crippen LogP contribution in [0.4, 0.5) is 26.3 Å². The molecule has 2 aromatic heterocycles. The van der Waals surface area contributed by atoms with Gasteiger partial charge in [0.2, 0.25) is 0 Å². The fourth-order valence-electron chi connectivity index (χ4n) is 1.98. The van der Waals surface area contributed by atoms with Crippen LogP contribution in [0.25, 0.3) is 0 Å². The standard InChI is InChI=1S/C8H9F3N2OS.C6H4ClF3N2O.C2H6S.Na/c1-3-15-7-5(4-14)6(8(9,10)11)12-13(7)2;1-12-5(7)3(2-13)4(11-12)6(8,9)10;1-2-3;/h4H,3H2,1-2H3;2H,1H3;3H,2H2,1H3;/q;;;+1/p-1. The van der Waals surface area contributed by atoms with Crippen molar-refractivity contribution in [3.63, 3.8) is 0 Å². The Hall–Kier alpha value is -0.670. The minimum Gasteiger partial charge on any atom is -0.793 e. The molecule has 0 aromatic carbocycles. The average Bonchev–Trinajstić information content (AvgIpc) is 3.13. The van der Waals surface area contributed by atoms with Gasteiger partial charge in [-0.25, -0.2) is 0 Å². The van der Waals surface area contributed by atoms with Gasteiger partial charge in [0.15, 0.2) is 24.0 Å². The SMILES string of the molecule is CCSc1c(C=O)c(C(F)(F)F)nn1C.CC[S-].Cn1nc(C(F)(F)F)c(C=O)c1Cl.[Na+]. The van der Waals surface area contributed by atoms with Gasteiger partial charge in [-0.3, -0.25) is 19.0 Å². The first-order valence-electron chi connectivity index (χ1n) is 8.26. The second-order valence-electron chi connectivity index (χ2n) is 5.32. The Morgan fingerprint density at radius 1 is 0.938 bits per heavy atom. The summed E-state index contributed by atoms with van der Waals surface area (Å²) in [6, 6.07) is 0. The fraction of sp³-hybridized carbons (Fsp3) is 0.500. The van der Waals surface area contributed by atoms with Crippen molar-refractivity contribution in [2.45, 2.75) is 31.2 Å². The van der Waals surface area contributed by atoms with Crippen LogP contribution in [-0.2, 0) is 39.1 Å². The molecule has 0 saturated heterocycles. The zero-order chi connectivity index (χ0) is 24.6. The van der Waals surface area contributed by atoms with Crippen LogP contribution in [0.5, 0.6) is 0 Å². The normalized spacial score (nSPS) is 10.9. The van der Waals surface area contributed by atoms with E-state index in [0.29, 0.717) is 5.75 Å². The third kappa shape index (κ3) is 9.29. The first kappa shape index (κ1) is 33.5. The molecule has 32 heavy (non-hydrogen) atoms. The topological polar surface area (TPSA) is 69.8 Å². The predicted octanol–water partition coefficient (Wildman–Crippen LogP) is 1.83. The maximum absolute atomic E-state index is 12.4. The monoisotopic (exact) mass is 534 g/mol. The molecular formula is C16H18ClF6N4NaO2S2. The zero-order valence-electron chi connectivity index (χ0n) is 17.6. The van der Waals surface area contributed by atoms with Gasteiger partial charge < -0.3 is 12.6 Å². The number of hydrogen-bond acceptors (Lipinski definition) is 6. The third-order valence-electron chi connectivity index (χ3n) is 3.09. The van der Waals surface area contributed by atoms with Gasteiger partial charge >= 0.3 is 41.9 Å². The van der Waals surface area contributed by atoms with E-state index in [1.807, 2.05) is 6.92 Å². The zero-order valence-corrected chi connectivity index (χ0v) is 22.0. The molecule has 0 unspecified atom stereocenters. The minimum atomic E-state index is -4.65. The van der Waals surface area contributed by atoms with Crippen LogP contribution < -0.4 is 29.6 Å². The molecule has 16 heteroatoms. The van der Waals surface area contributed by atoms with E-state index in [1.165, 1.54) is 14.1 Å². The number of thioether (sulfide) groups is 1. The van der Waals surface area contributed by atoms with E-state index in [2.05, 4.69) is 22.8 Å². The van der Waals surface area contributed by atoms with E-state index in [9.17, 15) is 35.9 Å². The number of aldehydes is 2. The van der Waals surface area contributed by atoms with Crippen molar-refractivity contribution in [2.75, 3.05) is 11.5 Å². The van der Waals surface area contributed by atoms with Crippen LogP contribution in [0, 0.1) is 0 Å². The molecule has 0 aliphatic rings. The summed E-state index contributed by atoms with van der Waals surface area (Å²) in [5, 5.41) is 6.32. The van der Waals surface area contributed by atoms with E-state index >= 15 is 0 Å². The van der Waals surface area contributed by atoms with Crippen LogP contribution >= 0.6 is 23.4 Å². The Labute approximate surface area is 217 Å². The number of nitrogens with zero attached hydrogens (tertiary/aromatic N) is 4. The van der Waals surface area contributed by atoms with Crippen LogP contribution in [-0.4, -0.2) is 43.6 Å². The van der Waals surface area contributed by atoms with E-state index in [-0.39, 0.29) is 57.9 Å². The van der Waals surface area contributed by atoms with Crippen molar-refractivity contribution < 1.29 is 65.5 Å². The maximum Gasteiger partial charge on any atom is 1.00 e. The number of carbonyl (C=O) groups is 2. The number of aromatic nitrogens is 4. The Balaban J connectivity index is 0. The Morgan fingerprint density at radius 3 is 1.62 bits per heavy atom. The van der Waals surface area contributed by atoms with Gasteiger partial charge in [0.1, 0.15) is 10.2 Å². The summed E-state index contributed by atoms with van der Waals surface area (Å²) in [5.41, 5.74) is -3.38. The molecule has 0 N–H and O–H groups in total. The minimum absolute atomic E-state index is 0. The number of alkyl halides is 6. The van der Waals surface area contributed by atoms with Gasteiger partial charge in [-0.05, 0) is 5.75 Å². The molecular weight excluding hydrogens is 517 g/mol. The molecule has 2 heterocycles. The molecule has 0 fully saturated rings. The van der Waals surface area contributed by atoms with Crippen molar-refractivity contribution in [3.05, 3.63) is 27.7 Å². The molecule has 2 aromatic rings. The predicted molar refractivity (Wildman–Crippen MR) is 107 cm³/mol. The van der Waals surface area contributed by atoms with Gasteiger partial charge in [-0.2, -0.15) is 42.3 Å². The molecule has 0 saturated carbocycles. The smallest absolute Gasteiger partial charge is 0.793 e.